The van der Waals surface area contributed by atoms with Crippen molar-refractivity contribution in [1.29, 1.82) is 15.8 Å². The topological polar surface area (TPSA) is 71.4 Å². The maximum Gasteiger partial charge on any atom is 0.102 e. The second-order valence-electron chi connectivity index (χ2n) is 2.06. The molecule has 0 saturated heterocycles. The van der Waals surface area contributed by atoms with E-state index in [1.54, 1.807) is 6.07 Å². The van der Waals surface area contributed by atoms with Crippen LogP contribution >= 0.6 is 0 Å². The van der Waals surface area contributed by atoms with Crippen LogP contribution in [0.1, 0.15) is 30.5 Å². The summed E-state index contributed by atoms with van der Waals surface area (Å²) in [5, 5.41) is 25.7. The second kappa shape index (κ2) is 6.23. The van der Waals surface area contributed by atoms with Gasteiger partial charge in [-0.15, -0.1) is 0 Å². The van der Waals surface area contributed by atoms with Crippen molar-refractivity contribution >= 4 is 0 Å². The summed E-state index contributed by atoms with van der Waals surface area (Å²) in [6, 6.07) is 10.1. The molecule has 0 unspecified atom stereocenters. The van der Waals surface area contributed by atoms with Gasteiger partial charge in [0.1, 0.15) is 18.2 Å². The van der Waals surface area contributed by atoms with Crippen LogP contribution in [0.25, 0.3) is 0 Å². The highest BCUT2D eigenvalue weighted by Crippen LogP contribution is 2.11. The van der Waals surface area contributed by atoms with Crippen LogP contribution in [-0.2, 0) is 0 Å². The van der Waals surface area contributed by atoms with Gasteiger partial charge in [0.2, 0.25) is 0 Å². The number of rotatable bonds is 0. The summed E-state index contributed by atoms with van der Waals surface area (Å²) in [4.78, 5) is 0. The van der Waals surface area contributed by atoms with Crippen molar-refractivity contribution in [3.8, 4) is 18.2 Å². The van der Waals surface area contributed by atoms with Crippen LogP contribution in [0, 0.1) is 34.0 Å². The van der Waals surface area contributed by atoms with Crippen LogP contribution in [0.3, 0.4) is 0 Å². The van der Waals surface area contributed by atoms with Gasteiger partial charge >= 0.3 is 0 Å². The molecule has 1 rings (SSSR count). The van der Waals surface area contributed by atoms with E-state index in [9.17, 15) is 0 Å². The molecule has 0 bridgehead atoms. The number of nitriles is 3. The van der Waals surface area contributed by atoms with E-state index in [0.717, 1.165) is 0 Å². The van der Waals surface area contributed by atoms with Gasteiger partial charge in [-0.25, -0.2) is 0 Å². The Kier molecular flexibility index (Phi) is 5.20. The second-order valence-corrected chi connectivity index (χ2v) is 2.06. The molecule has 0 spiro atoms. The van der Waals surface area contributed by atoms with E-state index in [2.05, 4.69) is 0 Å². The summed E-state index contributed by atoms with van der Waals surface area (Å²) < 4.78 is 0. The third kappa shape index (κ3) is 2.34. The Morgan fingerprint density at radius 1 is 0.857 bits per heavy atom. The largest absolute Gasteiger partial charge is 0.192 e. The first-order chi connectivity index (χ1) is 6.83. The molecule has 0 aliphatic heterocycles. The molecule has 3 nitrogen and oxygen atoms in total. The van der Waals surface area contributed by atoms with E-state index < -0.39 is 0 Å². The highest BCUT2D eigenvalue weighted by Gasteiger charge is 2.05. The first-order valence-corrected chi connectivity index (χ1v) is 4.16. The van der Waals surface area contributed by atoms with E-state index in [0.29, 0.717) is 0 Å². The highest BCUT2D eigenvalue weighted by molar-refractivity contribution is 5.54. The number of benzene rings is 1. The average Bonchev–Trinajstić information content (AvgIpc) is 2.30. The summed E-state index contributed by atoms with van der Waals surface area (Å²) in [7, 11) is 0. The first-order valence-electron chi connectivity index (χ1n) is 4.16. The molecule has 0 aliphatic carbocycles. The van der Waals surface area contributed by atoms with Crippen molar-refractivity contribution in [1.82, 2.24) is 0 Å². The molecule has 68 valence electrons. The minimum absolute atomic E-state index is 0.155. The fourth-order valence-corrected chi connectivity index (χ4v) is 0.859. The number of hydrogen-bond acceptors (Lipinski definition) is 3. The molecule has 1 aromatic carbocycles. The van der Waals surface area contributed by atoms with Gasteiger partial charge in [-0.3, -0.25) is 0 Å². The normalized spacial score (nSPS) is 7.07. The summed E-state index contributed by atoms with van der Waals surface area (Å²) >= 11 is 0. The van der Waals surface area contributed by atoms with Gasteiger partial charge in [0.15, 0.2) is 0 Å². The molecule has 0 fully saturated rings. The minimum atomic E-state index is 0.155. The lowest BCUT2D eigenvalue weighted by Gasteiger charge is -1.93. The van der Waals surface area contributed by atoms with Crippen molar-refractivity contribution in [2.45, 2.75) is 13.8 Å². The third-order valence-electron chi connectivity index (χ3n) is 1.42. The van der Waals surface area contributed by atoms with Crippen molar-refractivity contribution in [3.05, 3.63) is 34.9 Å². The smallest absolute Gasteiger partial charge is 0.102 e. The Labute approximate surface area is 83.4 Å². The van der Waals surface area contributed by atoms with E-state index >= 15 is 0 Å². The fraction of sp³-hybridized carbons (Fsp3) is 0.182. The summed E-state index contributed by atoms with van der Waals surface area (Å²) in [5.41, 5.74) is 0.649. The summed E-state index contributed by atoms with van der Waals surface area (Å²) in [6.07, 6.45) is 0. The van der Waals surface area contributed by atoms with Gasteiger partial charge in [0.25, 0.3) is 0 Å². The van der Waals surface area contributed by atoms with Crippen LogP contribution in [0.5, 0.6) is 0 Å². The minimum Gasteiger partial charge on any atom is -0.192 e. The number of hydrogen-bond donors (Lipinski definition) is 0. The molecule has 1 aromatic rings. The standard InChI is InChI=1S/C9H3N3.C2H6/c10-4-7-2-1-3-8(5-11)9(7)6-12;1-2/h1-3H;1-2H3. The van der Waals surface area contributed by atoms with Crippen LogP contribution in [0.15, 0.2) is 18.2 Å². The van der Waals surface area contributed by atoms with E-state index in [4.69, 9.17) is 15.8 Å². The Morgan fingerprint density at radius 2 is 1.29 bits per heavy atom. The van der Waals surface area contributed by atoms with E-state index in [1.165, 1.54) is 12.1 Å². The van der Waals surface area contributed by atoms with Crippen molar-refractivity contribution in [2.75, 3.05) is 0 Å². The van der Waals surface area contributed by atoms with Gasteiger partial charge in [-0.2, -0.15) is 15.8 Å². The van der Waals surface area contributed by atoms with Gasteiger partial charge in [-0.05, 0) is 12.1 Å². The van der Waals surface area contributed by atoms with E-state index in [-0.39, 0.29) is 16.7 Å². The maximum atomic E-state index is 8.61. The predicted octanol–water partition coefficient (Wildman–Crippen LogP) is 2.33. The molecule has 0 atom stereocenters. The SMILES string of the molecule is CC.N#Cc1cccc(C#N)c1C#N. The van der Waals surface area contributed by atoms with Gasteiger partial charge in [0.05, 0.1) is 16.7 Å². The Bertz CT molecular complexity index is 395. The van der Waals surface area contributed by atoms with Gasteiger partial charge < -0.3 is 0 Å². The van der Waals surface area contributed by atoms with Crippen LogP contribution in [0.4, 0.5) is 0 Å². The molecule has 0 aliphatic rings. The van der Waals surface area contributed by atoms with Crippen molar-refractivity contribution in [3.63, 3.8) is 0 Å². The van der Waals surface area contributed by atoms with Gasteiger partial charge in [-0.1, -0.05) is 19.9 Å². The summed E-state index contributed by atoms with van der Waals surface area (Å²) in [6.45, 7) is 4.00. The number of nitrogens with zero attached hydrogens (tertiary/aromatic N) is 3. The zero-order valence-electron chi connectivity index (χ0n) is 8.07. The molecule has 14 heavy (non-hydrogen) atoms. The summed E-state index contributed by atoms with van der Waals surface area (Å²) in [5.74, 6) is 0. The molecule has 0 N–H and O–H groups in total. The monoisotopic (exact) mass is 183 g/mol. The Balaban J connectivity index is 0.000000791. The fourth-order valence-electron chi connectivity index (χ4n) is 0.859. The molecule has 0 aromatic heterocycles. The molecule has 3 heteroatoms. The quantitative estimate of drug-likeness (QED) is 0.619. The molecule has 0 saturated carbocycles. The molecular weight excluding hydrogens is 174 g/mol. The maximum absolute atomic E-state index is 8.61. The lowest BCUT2D eigenvalue weighted by atomic mass is 10.0. The average molecular weight is 183 g/mol. The van der Waals surface area contributed by atoms with Crippen LogP contribution < -0.4 is 0 Å². The van der Waals surface area contributed by atoms with E-state index in [1.807, 2.05) is 32.1 Å². The van der Waals surface area contributed by atoms with Crippen molar-refractivity contribution in [2.24, 2.45) is 0 Å². The zero-order chi connectivity index (χ0) is 11.0. The lowest BCUT2D eigenvalue weighted by molar-refractivity contribution is 1.39. The predicted molar refractivity (Wildman–Crippen MR) is 51.9 cm³/mol. The van der Waals surface area contributed by atoms with Crippen molar-refractivity contribution < 1.29 is 0 Å². The Hall–Kier alpha value is -2.31. The highest BCUT2D eigenvalue weighted by atomic mass is 14.3. The van der Waals surface area contributed by atoms with Crippen LogP contribution in [-0.4, -0.2) is 0 Å². The van der Waals surface area contributed by atoms with Crippen LogP contribution in [0.2, 0.25) is 0 Å². The molecule has 0 heterocycles. The lowest BCUT2D eigenvalue weighted by Crippen LogP contribution is -1.87. The molecule has 0 amide bonds. The molecule has 0 radical (unpaired) electrons. The zero-order valence-corrected chi connectivity index (χ0v) is 8.07. The Morgan fingerprint density at radius 3 is 1.57 bits per heavy atom. The van der Waals surface area contributed by atoms with Gasteiger partial charge in [0, 0.05) is 0 Å². The first kappa shape index (κ1) is 11.7. The third-order valence-corrected chi connectivity index (χ3v) is 1.42. The molecular formula is C11H9N3.